The van der Waals surface area contributed by atoms with Crippen molar-refractivity contribution >= 4 is 6.09 Å². The summed E-state index contributed by atoms with van der Waals surface area (Å²) >= 11 is 0. The standard InChI is InChI=1S/C26H35NO2/c1-25(2,3)21-15-20(16-22(17-21)26(4)11-12-26)23-19(10-13-27(23)24(28)29)14-18-8-6-5-7-9-18/h10,13,15-18H,5-9,11-12,14H2,1-4H3,(H,28,29). The van der Waals surface area contributed by atoms with Crippen molar-refractivity contribution in [2.45, 2.75) is 89.9 Å². The van der Waals surface area contributed by atoms with Crippen LogP contribution in [0.3, 0.4) is 0 Å². The van der Waals surface area contributed by atoms with Gasteiger partial charge in [0, 0.05) is 6.20 Å². The zero-order chi connectivity index (χ0) is 20.8. The summed E-state index contributed by atoms with van der Waals surface area (Å²) in [6, 6.07) is 8.89. The highest BCUT2D eigenvalue weighted by atomic mass is 16.4. The van der Waals surface area contributed by atoms with Gasteiger partial charge in [-0.2, -0.15) is 0 Å². The first kappa shape index (κ1) is 20.3. The number of hydrogen-bond acceptors (Lipinski definition) is 1. The van der Waals surface area contributed by atoms with Crippen LogP contribution in [0.5, 0.6) is 0 Å². The molecule has 2 aliphatic rings. The number of aromatic nitrogens is 1. The van der Waals surface area contributed by atoms with Crippen LogP contribution in [0.1, 0.15) is 89.3 Å². The summed E-state index contributed by atoms with van der Waals surface area (Å²) in [5.41, 5.74) is 6.08. The van der Waals surface area contributed by atoms with E-state index in [4.69, 9.17) is 0 Å². The third-order valence-corrected chi connectivity index (χ3v) is 7.18. The molecule has 0 saturated heterocycles. The van der Waals surface area contributed by atoms with Crippen molar-refractivity contribution < 1.29 is 9.90 Å². The molecule has 1 aromatic heterocycles. The van der Waals surface area contributed by atoms with Gasteiger partial charge in [0.25, 0.3) is 0 Å². The molecule has 4 rings (SSSR count). The quantitative estimate of drug-likeness (QED) is 0.599. The molecule has 3 heteroatoms. The number of carbonyl (C=O) groups is 1. The maximum absolute atomic E-state index is 12.0. The number of benzene rings is 1. The fraction of sp³-hybridized carbons (Fsp3) is 0.577. The SMILES string of the molecule is CC(C)(C)c1cc(-c2c(CC3CCCCC3)ccn2C(=O)O)cc(C2(C)CC2)c1. The van der Waals surface area contributed by atoms with Crippen molar-refractivity contribution in [3.05, 3.63) is 47.2 Å². The maximum atomic E-state index is 12.0. The number of rotatable bonds is 4. The average molecular weight is 394 g/mol. The minimum absolute atomic E-state index is 0.0280. The molecule has 1 N–H and O–H groups in total. The molecule has 0 amide bonds. The predicted octanol–water partition coefficient (Wildman–Crippen LogP) is 7.15. The molecule has 2 fully saturated rings. The largest absolute Gasteiger partial charge is 0.464 e. The molecule has 0 unspecified atom stereocenters. The highest BCUT2D eigenvalue weighted by Gasteiger charge is 2.40. The molecule has 29 heavy (non-hydrogen) atoms. The van der Waals surface area contributed by atoms with Gasteiger partial charge < -0.3 is 5.11 Å². The zero-order valence-corrected chi connectivity index (χ0v) is 18.4. The van der Waals surface area contributed by atoms with E-state index in [9.17, 15) is 9.90 Å². The molecule has 0 spiro atoms. The summed E-state index contributed by atoms with van der Waals surface area (Å²) in [7, 11) is 0. The van der Waals surface area contributed by atoms with Gasteiger partial charge in [0.05, 0.1) is 5.69 Å². The predicted molar refractivity (Wildman–Crippen MR) is 119 cm³/mol. The van der Waals surface area contributed by atoms with E-state index in [0.717, 1.165) is 17.7 Å². The van der Waals surface area contributed by atoms with Crippen LogP contribution in [0, 0.1) is 5.92 Å². The molecule has 2 aromatic rings. The van der Waals surface area contributed by atoms with Gasteiger partial charge in [0.1, 0.15) is 0 Å². The molecule has 1 aromatic carbocycles. The van der Waals surface area contributed by atoms with Gasteiger partial charge in [0.15, 0.2) is 0 Å². The van der Waals surface area contributed by atoms with E-state index in [1.54, 1.807) is 6.20 Å². The smallest absolute Gasteiger partial charge is 0.416 e. The Morgan fingerprint density at radius 2 is 1.83 bits per heavy atom. The first-order valence-corrected chi connectivity index (χ1v) is 11.3. The number of hydrogen-bond donors (Lipinski definition) is 1. The van der Waals surface area contributed by atoms with Gasteiger partial charge in [-0.3, -0.25) is 4.57 Å². The molecule has 0 atom stereocenters. The van der Waals surface area contributed by atoms with E-state index in [1.165, 1.54) is 66.2 Å². The van der Waals surface area contributed by atoms with Gasteiger partial charge in [-0.15, -0.1) is 0 Å². The lowest BCUT2D eigenvalue weighted by molar-refractivity contribution is 0.196. The van der Waals surface area contributed by atoms with Crippen LogP contribution >= 0.6 is 0 Å². The van der Waals surface area contributed by atoms with E-state index in [0.29, 0.717) is 5.92 Å². The van der Waals surface area contributed by atoms with Crippen LogP contribution < -0.4 is 0 Å². The molecule has 0 bridgehead atoms. The molecule has 2 aliphatic carbocycles. The second-order valence-corrected chi connectivity index (χ2v) is 10.7. The lowest BCUT2D eigenvalue weighted by Crippen LogP contribution is -2.15. The minimum atomic E-state index is -0.893. The second-order valence-electron chi connectivity index (χ2n) is 10.7. The summed E-state index contributed by atoms with van der Waals surface area (Å²) in [4.78, 5) is 12.0. The Labute approximate surface area is 175 Å². The second kappa shape index (κ2) is 7.34. The first-order chi connectivity index (χ1) is 13.7. The fourth-order valence-electron chi connectivity index (χ4n) is 4.85. The van der Waals surface area contributed by atoms with Crippen LogP contribution in [-0.2, 0) is 17.3 Å². The summed E-state index contributed by atoms with van der Waals surface area (Å²) in [6.45, 7) is 9.05. The van der Waals surface area contributed by atoms with Crippen LogP contribution in [0.15, 0.2) is 30.5 Å². The van der Waals surface area contributed by atoms with Crippen molar-refractivity contribution in [2.24, 2.45) is 5.92 Å². The summed E-state index contributed by atoms with van der Waals surface area (Å²) in [5, 5.41) is 9.88. The monoisotopic (exact) mass is 393 g/mol. The first-order valence-electron chi connectivity index (χ1n) is 11.3. The van der Waals surface area contributed by atoms with Crippen LogP contribution in [0.2, 0.25) is 0 Å². The lowest BCUT2D eigenvalue weighted by atomic mass is 9.81. The summed E-state index contributed by atoms with van der Waals surface area (Å²) < 4.78 is 1.44. The Morgan fingerprint density at radius 3 is 2.41 bits per heavy atom. The van der Waals surface area contributed by atoms with Crippen molar-refractivity contribution in [3.63, 3.8) is 0 Å². The molecule has 0 aliphatic heterocycles. The Bertz CT molecular complexity index is 882. The zero-order valence-electron chi connectivity index (χ0n) is 18.4. The Kier molecular flexibility index (Phi) is 5.13. The van der Waals surface area contributed by atoms with Gasteiger partial charge in [-0.25, -0.2) is 4.79 Å². The molecule has 2 saturated carbocycles. The molecule has 3 nitrogen and oxygen atoms in total. The Hall–Kier alpha value is -2.03. The molecular formula is C26H35NO2. The third kappa shape index (κ3) is 4.15. The average Bonchev–Trinajstić information content (AvgIpc) is 3.29. The highest BCUT2D eigenvalue weighted by molar-refractivity contribution is 5.79. The fourth-order valence-corrected chi connectivity index (χ4v) is 4.85. The van der Waals surface area contributed by atoms with Crippen LogP contribution in [-0.4, -0.2) is 15.8 Å². The molecule has 156 valence electrons. The Morgan fingerprint density at radius 1 is 1.14 bits per heavy atom. The van der Waals surface area contributed by atoms with Crippen molar-refractivity contribution in [1.29, 1.82) is 0 Å². The van der Waals surface area contributed by atoms with Crippen molar-refractivity contribution in [2.75, 3.05) is 0 Å². The van der Waals surface area contributed by atoms with E-state index in [2.05, 4.69) is 45.9 Å². The lowest BCUT2D eigenvalue weighted by Gasteiger charge is -2.25. The van der Waals surface area contributed by atoms with Crippen molar-refractivity contribution in [3.8, 4) is 11.3 Å². The topological polar surface area (TPSA) is 42.2 Å². The van der Waals surface area contributed by atoms with Gasteiger partial charge in [0.2, 0.25) is 0 Å². The van der Waals surface area contributed by atoms with Crippen LogP contribution in [0.25, 0.3) is 11.3 Å². The van der Waals surface area contributed by atoms with Gasteiger partial charge in [-0.05, 0) is 76.5 Å². The van der Waals surface area contributed by atoms with E-state index >= 15 is 0 Å². The van der Waals surface area contributed by atoms with E-state index < -0.39 is 6.09 Å². The van der Waals surface area contributed by atoms with E-state index in [-0.39, 0.29) is 10.8 Å². The molecule has 1 heterocycles. The third-order valence-electron chi connectivity index (χ3n) is 7.18. The Balaban J connectivity index is 1.82. The minimum Gasteiger partial charge on any atom is -0.464 e. The molecule has 0 radical (unpaired) electrons. The summed E-state index contributed by atoms with van der Waals surface area (Å²) in [6.07, 6.45) is 10.8. The van der Waals surface area contributed by atoms with Gasteiger partial charge >= 0.3 is 6.09 Å². The summed E-state index contributed by atoms with van der Waals surface area (Å²) in [5.74, 6) is 0.679. The van der Waals surface area contributed by atoms with Crippen molar-refractivity contribution in [1.82, 2.24) is 4.57 Å². The van der Waals surface area contributed by atoms with E-state index in [1.807, 2.05) is 6.07 Å². The van der Waals surface area contributed by atoms with Gasteiger partial charge in [-0.1, -0.05) is 65.9 Å². The highest BCUT2D eigenvalue weighted by Crippen LogP contribution is 2.49. The maximum Gasteiger partial charge on any atom is 0.416 e. The normalized spacial score (nSPS) is 19.3. The number of carboxylic acid groups (broad SMARTS) is 1. The number of nitrogens with zero attached hydrogens (tertiary/aromatic N) is 1. The van der Waals surface area contributed by atoms with Crippen LogP contribution in [0.4, 0.5) is 4.79 Å². The molecular weight excluding hydrogens is 358 g/mol.